The number of hydrogen-bond donors (Lipinski definition) is 1. The van der Waals surface area contributed by atoms with E-state index in [4.69, 9.17) is 22.7 Å². The maximum absolute atomic E-state index is 5.84. The van der Waals surface area contributed by atoms with Crippen molar-refractivity contribution in [1.29, 1.82) is 0 Å². The van der Waals surface area contributed by atoms with Crippen molar-refractivity contribution in [3.05, 3.63) is 36.0 Å². The van der Waals surface area contributed by atoms with Crippen molar-refractivity contribution in [3.63, 3.8) is 0 Å². The molecule has 1 aromatic carbocycles. The molecule has 0 spiro atoms. The van der Waals surface area contributed by atoms with Crippen molar-refractivity contribution >= 4 is 17.2 Å². The lowest BCUT2D eigenvalue weighted by atomic mass is 10.1. The third kappa shape index (κ3) is 2.67. The van der Waals surface area contributed by atoms with Crippen LogP contribution in [-0.2, 0) is 5.54 Å². The van der Waals surface area contributed by atoms with Crippen molar-refractivity contribution in [2.45, 2.75) is 26.3 Å². The van der Waals surface area contributed by atoms with E-state index in [1.54, 1.807) is 7.11 Å². The SMILES string of the molecule is COc1ccccc1-c1nn(C(C)(C)C)cc1C(N)=S. The van der Waals surface area contributed by atoms with E-state index in [1.807, 2.05) is 35.1 Å². The van der Waals surface area contributed by atoms with Crippen LogP contribution < -0.4 is 10.5 Å². The van der Waals surface area contributed by atoms with Gasteiger partial charge in [0.15, 0.2) is 0 Å². The number of ether oxygens (including phenoxy) is 1. The quantitative estimate of drug-likeness (QED) is 0.883. The van der Waals surface area contributed by atoms with Gasteiger partial charge in [0.1, 0.15) is 16.4 Å². The Morgan fingerprint density at radius 2 is 1.95 bits per heavy atom. The van der Waals surface area contributed by atoms with E-state index in [9.17, 15) is 0 Å². The number of thiocarbonyl (C=S) groups is 1. The summed E-state index contributed by atoms with van der Waals surface area (Å²) in [4.78, 5) is 0.335. The maximum atomic E-state index is 5.84. The Labute approximate surface area is 124 Å². The lowest BCUT2D eigenvalue weighted by molar-refractivity contribution is 0.356. The number of para-hydroxylation sites is 1. The fraction of sp³-hybridized carbons (Fsp3) is 0.333. The van der Waals surface area contributed by atoms with Crippen LogP contribution in [0.2, 0.25) is 0 Å². The number of benzene rings is 1. The van der Waals surface area contributed by atoms with Gasteiger partial charge < -0.3 is 10.5 Å². The number of hydrogen-bond acceptors (Lipinski definition) is 3. The summed E-state index contributed by atoms with van der Waals surface area (Å²) in [6.07, 6.45) is 1.89. The highest BCUT2D eigenvalue weighted by Crippen LogP contribution is 2.32. The van der Waals surface area contributed by atoms with Gasteiger partial charge in [0, 0.05) is 11.8 Å². The third-order valence-corrected chi connectivity index (χ3v) is 3.25. The molecule has 0 unspecified atom stereocenters. The Kier molecular flexibility index (Phi) is 3.81. The lowest BCUT2D eigenvalue weighted by Gasteiger charge is -2.18. The van der Waals surface area contributed by atoms with Crippen LogP contribution >= 0.6 is 12.2 Å². The lowest BCUT2D eigenvalue weighted by Crippen LogP contribution is -2.22. The van der Waals surface area contributed by atoms with E-state index >= 15 is 0 Å². The number of rotatable bonds is 3. The first-order valence-electron chi connectivity index (χ1n) is 6.38. The molecule has 1 heterocycles. The summed E-state index contributed by atoms with van der Waals surface area (Å²) < 4.78 is 7.27. The first kappa shape index (κ1) is 14.5. The molecule has 0 saturated heterocycles. The Morgan fingerprint density at radius 3 is 2.50 bits per heavy atom. The Morgan fingerprint density at radius 1 is 1.30 bits per heavy atom. The monoisotopic (exact) mass is 289 g/mol. The Hall–Kier alpha value is -1.88. The Balaban J connectivity index is 2.67. The average molecular weight is 289 g/mol. The standard InChI is InChI=1S/C15H19N3OS/c1-15(2,3)18-9-11(14(16)20)13(17-18)10-7-5-6-8-12(10)19-4/h5-9H,1-4H3,(H2,16,20). The van der Waals surface area contributed by atoms with Crippen LogP contribution in [0, 0.1) is 0 Å². The zero-order valence-corrected chi connectivity index (χ0v) is 13.0. The summed E-state index contributed by atoms with van der Waals surface area (Å²) in [6, 6.07) is 7.71. The zero-order valence-electron chi connectivity index (χ0n) is 12.2. The van der Waals surface area contributed by atoms with E-state index in [0.717, 1.165) is 22.6 Å². The first-order chi connectivity index (χ1) is 9.34. The van der Waals surface area contributed by atoms with Gasteiger partial charge in [-0.05, 0) is 32.9 Å². The van der Waals surface area contributed by atoms with Crippen LogP contribution in [0.4, 0.5) is 0 Å². The summed E-state index contributed by atoms with van der Waals surface area (Å²) in [5.41, 5.74) is 8.11. The predicted octanol–water partition coefficient (Wildman–Crippen LogP) is 2.95. The summed E-state index contributed by atoms with van der Waals surface area (Å²) in [5, 5.41) is 4.65. The molecule has 0 aliphatic rings. The highest BCUT2D eigenvalue weighted by Gasteiger charge is 2.21. The minimum Gasteiger partial charge on any atom is -0.496 e. The fourth-order valence-electron chi connectivity index (χ4n) is 1.94. The van der Waals surface area contributed by atoms with Crippen molar-refractivity contribution in [2.24, 2.45) is 5.73 Å². The van der Waals surface area contributed by atoms with Crippen LogP contribution in [0.25, 0.3) is 11.3 Å². The Bertz CT molecular complexity index is 641. The first-order valence-corrected chi connectivity index (χ1v) is 6.78. The summed E-state index contributed by atoms with van der Waals surface area (Å²) in [5.74, 6) is 0.754. The minimum atomic E-state index is -0.139. The number of nitrogens with two attached hydrogens (primary N) is 1. The molecule has 0 saturated carbocycles. The molecule has 20 heavy (non-hydrogen) atoms. The van der Waals surface area contributed by atoms with Gasteiger partial charge in [0.2, 0.25) is 0 Å². The molecule has 0 aliphatic carbocycles. The topological polar surface area (TPSA) is 53.1 Å². The van der Waals surface area contributed by atoms with Gasteiger partial charge in [-0.3, -0.25) is 4.68 Å². The van der Waals surface area contributed by atoms with Crippen molar-refractivity contribution in [2.75, 3.05) is 7.11 Å². The van der Waals surface area contributed by atoms with Crippen molar-refractivity contribution < 1.29 is 4.74 Å². The number of nitrogens with zero attached hydrogens (tertiary/aromatic N) is 2. The molecule has 2 N–H and O–H groups in total. The molecule has 0 radical (unpaired) electrons. The molecule has 5 heteroatoms. The fourth-order valence-corrected chi connectivity index (χ4v) is 2.09. The average Bonchev–Trinajstić information content (AvgIpc) is 2.83. The maximum Gasteiger partial charge on any atom is 0.128 e. The van der Waals surface area contributed by atoms with Crippen LogP contribution in [0.15, 0.2) is 30.5 Å². The van der Waals surface area contributed by atoms with Gasteiger partial charge in [-0.15, -0.1) is 0 Å². The molecular weight excluding hydrogens is 270 g/mol. The van der Waals surface area contributed by atoms with E-state index in [1.165, 1.54) is 0 Å². The summed E-state index contributed by atoms with van der Waals surface area (Å²) >= 11 is 5.15. The van der Waals surface area contributed by atoms with Gasteiger partial charge >= 0.3 is 0 Å². The summed E-state index contributed by atoms with van der Waals surface area (Å²) in [6.45, 7) is 6.24. The molecule has 1 aromatic heterocycles. The highest BCUT2D eigenvalue weighted by atomic mass is 32.1. The largest absolute Gasteiger partial charge is 0.496 e. The number of methoxy groups -OCH3 is 1. The van der Waals surface area contributed by atoms with Crippen LogP contribution in [-0.4, -0.2) is 21.9 Å². The molecule has 0 atom stereocenters. The third-order valence-electron chi connectivity index (χ3n) is 3.03. The second-order valence-corrected chi connectivity index (χ2v) is 6.01. The molecule has 2 aromatic rings. The second kappa shape index (κ2) is 5.25. The molecular formula is C15H19N3OS. The molecule has 0 aliphatic heterocycles. The van der Waals surface area contributed by atoms with Crippen molar-refractivity contribution in [3.8, 4) is 17.0 Å². The van der Waals surface area contributed by atoms with E-state index in [2.05, 4.69) is 25.9 Å². The van der Waals surface area contributed by atoms with Crippen molar-refractivity contribution in [1.82, 2.24) is 9.78 Å². The van der Waals surface area contributed by atoms with Crippen LogP contribution in [0.1, 0.15) is 26.3 Å². The highest BCUT2D eigenvalue weighted by molar-refractivity contribution is 7.80. The smallest absolute Gasteiger partial charge is 0.128 e. The van der Waals surface area contributed by atoms with Gasteiger partial charge in [0.25, 0.3) is 0 Å². The van der Waals surface area contributed by atoms with Crippen LogP contribution in [0.3, 0.4) is 0 Å². The minimum absolute atomic E-state index is 0.139. The molecule has 106 valence electrons. The number of aromatic nitrogens is 2. The van der Waals surface area contributed by atoms with E-state index in [-0.39, 0.29) is 5.54 Å². The van der Waals surface area contributed by atoms with Gasteiger partial charge in [0.05, 0.1) is 18.2 Å². The molecule has 0 bridgehead atoms. The molecule has 0 amide bonds. The molecule has 4 nitrogen and oxygen atoms in total. The molecule has 2 rings (SSSR count). The van der Waals surface area contributed by atoms with Gasteiger partial charge in [-0.1, -0.05) is 24.4 Å². The van der Waals surface area contributed by atoms with E-state index in [0.29, 0.717) is 4.99 Å². The van der Waals surface area contributed by atoms with Crippen LogP contribution in [0.5, 0.6) is 5.75 Å². The van der Waals surface area contributed by atoms with Gasteiger partial charge in [-0.2, -0.15) is 5.10 Å². The zero-order chi connectivity index (χ0) is 14.9. The predicted molar refractivity (Wildman–Crippen MR) is 85.1 cm³/mol. The van der Waals surface area contributed by atoms with E-state index < -0.39 is 0 Å². The summed E-state index contributed by atoms with van der Waals surface area (Å²) in [7, 11) is 1.64. The molecule has 0 fully saturated rings. The second-order valence-electron chi connectivity index (χ2n) is 5.57. The normalized spacial score (nSPS) is 11.4. The van der Waals surface area contributed by atoms with Gasteiger partial charge in [-0.25, -0.2) is 0 Å².